The summed E-state index contributed by atoms with van der Waals surface area (Å²) in [4.78, 5) is 13.2. The van der Waals surface area contributed by atoms with Crippen LogP contribution in [-0.4, -0.2) is 32.7 Å². The molecule has 26 heavy (non-hydrogen) atoms. The molecule has 1 unspecified atom stereocenters. The fraction of sp³-hybridized carbons (Fsp3) is 0.294. The number of hydrogen-bond donors (Lipinski definition) is 2. The summed E-state index contributed by atoms with van der Waals surface area (Å²) >= 11 is 8.50. The Kier molecular flexibility index (Phi) is 5.64. The quantitative estimate of drug-likeness (QED) is 0.715. The maximum absolute atomic E-state index is 12.8. The molecule has 136 valence electrons. The number of phenolic OH excluding ortho intramolecular Hbond substituents is 1. The van der Waals surface area contributed by atoms with Crippen molar-refractivity contribution in [2.75, 3.05) is 6.61 Å². The van der Waals surface area contributed by atoms with Gasteiger partial charge in [-0.2, -0.15) is 0 Å². The lowest BCUT2D eigenvalue weighted by Crippen LogP contribution is -2.11. The Morgan fingerprint density at radius 2 is 2.15 bits per heavy atom. The molecule has 3 rings (SSSR count). The number of carbonyl (C=O) groups excluding carboxylic acids is 1. The first-order valence-electron chi connectivity index (χ1n) is 7.94. The smallest absolute Gasteiger partial charge is 0.186 e. The second kappa shape index (κ2) is 7.77. The summed E-state index contributed by atoms with van der Waals surface area (Å²) in [6, 6.07) is 3.17. The standard InChI is InChI=1S/C17H16ClN3O3S2/c1-3-12-20-21-17(26-12)13-15(23)11(25-16(13)19)7-8-5-9(18)14(22)10(6-8)24-4-2/h5-7,13,19,22H,3-4H2,1-2H3. The van der Waals surface area contributed by atoms with E-state index in [1.807, 2.05) is 6.92 Å². The van der Waals surface area contributed by atoms with Crippen molar-refractivity contribution in [3.8, 4) is 11.5 Å². The minimum atomic E-state index is -0.692. The molecule has 2 heterocycles. The number of nitrogens with one attached hydrogen (secondary N) is 1. The minimum absolute atomic E-state index is 0.132. The van der Waals surface area contributed by atoms with Gasteiger partial charge in [0.15, 0.2) is 17.3 Å². The van der Waals surface area contributed by atoms with Crippen LogP contribution in [0.25, 0.3) is 6.08 Å². The van der Waals surface area contributed by atoms with E-state index in [1.54, 1.807) is 25.1 Å². The number of thioether (sulfide) groups is 1. The average molecular weight is 410 g/mol. The molecule has 2 aromatic rings. The number of aryl methyl sites for hydroxylation is 1. The Balaban J connectivity index is 1.93. The van der Waals surface area contributed by atoms with Crippen molar-refractivity contribution in [3.63, 3.8) is 0 Å². The van der Waals surface area contributed by atoms with Gasteiger partial charge in [0, 0.05) is 0 Å². The number of rotatable bonds is 5. The van der Waals surface area contributed by atoms with Crippen LogP contribution >= 0.6 is 34.7 Å². The van der Waals surface area contributed by atoms with Gasteiger partial charge in [0.1, 0.15) is 15.9 Å². The summed E-state index contributed by atoms with van der Waals surface area (Å²) in [5, 5.41) is 28.0. The lowest BCUT2D eigenvalue weighted by atomic mass is 10.0. The van der Waals surface area contributed by atoms with E-state index < -0.39 is 5.92 Å². The van der Waals surface area contributed by atoms with E-state index in [-0.39, 0.29) is 27.3 Å². The summed E-state index contributed by atoms with van der Waals surface area (Å²) in [6.07, 6.45) is 2.39. The van der Waals surface area contributed by atoms with Gasteiger partial charge in [-0.25, -0.2) is 0 Å². The highest BCUT2D eigenvalue weighted by Crippen LogP contribution is 2.42. The zero-order valence-corrected chi connectivity index (χ0v) is 16.5. The molecule has 6 nitrogen and oxygen atoms in total. The first-order valence-corrected chi connectivity index (χ1v) is 9.95. The number of allylic oxidation sites excluding steroid dienone is 1. The maximum Gasteiger partial charge on any atom is 0.186 e. The molecule has 1 aliphatic rings. The number of Topliss-reactive ketones (excluding diaryl/α,β-unsaturated/α-hetero) is 1. The monoisotopic (exact) mass is 409 g/mol. The third-order valence-corrected chi connectivity index (χ3v) is 6.08. The number of nitrogens with zero attached hydrogens (tertiary/aromatic N) is 2. The number of aromatic hydroxyl groups is 1. The number of benzene rings is 1. The molecule has 0 aliphatic carbocycles. The summed E-state index contributed by atoms with van der Waals surface area (Å²) in [6.45, 7) is 4.14. The van der Waals surface area contributed by atoms with Crippen molar-refractivity contribution in [1.29, 1.82) is 5.41 Å². The van der Waals surface area contributed by atoms with E-state index in [4.69, 9.17) is 21.7 Å². The molecule has 1 fully saturated rings. The van der Waals surface area contributed by atoms with E-state index >= 15 is 0 Å². The Morgan fingerprint density at radius 3 is 2.81 bits per heavy atom. The van der Waals surface area contributed by atoms with Crippen LogP contribution in [0.3, 0.4) is 0 Å². The van der Waals surface area contributed by atoms with E-state index in [2.05, 4.69) is 10.2 Å². The van der Waals surface area contributed by atoms with E-state index in [0.717, 1.165) is 23.2 Å². The van der Waals surface area contributed by atoms with Gasteiger partial charge >= 0.3 is 0 Å². The average Bonchev–Trinajstić information content (AvgIpc) is 3.17. The van der Waals surface area contributed by atoms with Gasteiger partial charge in [0.2, 0.25) is 0 Å². The zero-order chi connectivity index (χ0) is 18.8. The first-order chi connectivity index (χ1) is 12.4. The van der Waals surface area contributed by atoms with Crippen molar-refractivity contribution < 1.29 is 14.6 Å². The Bertz CT molecular complexity index is 911. The molecule has 0 saturated carbocycles. The van der Waals surface area contributed by atoms with Crippen molar-refractivity contribution in [3.05, 3.63) is 37.6 Å². The molecule has 1 aromatic carbocycles. The molecule has 0 spiro atoms. The molecular weight excluding hydrogens is 394 g/mol. The minimum Gasteiger partial charge on any atom is -0.503 e. The Hall–Kier alpha value is -1.90. The number of halogens is 1. The van der Waals surface area contributed by atoms with Crippen LogP contribution in [-0.2, 0) is 11.2 Å². The highest BCUT2D eigenvalue weighted by Gasteiger charge is 2.39. The Morgan fingerprint density at radius 1 is 1.38 bits per heavy atom. The van der Waals surface area contributed by atoms with Gasteiger partial charge in [-0.05, 0) is 37.1 Å². The predicted molar refractivity (Wildman–Crippen MR) is 105 cm³/mol. The second-order valence-corrected chi connectivity index (χ2v) is 8.03. The van der Waals surface area contributed by atoms with Crippen molar-refractivity contribution >= 4 is 51.6 Å². The maximum atomic E-state index is 12.8. The van der Waals surface area contributed by atoms with Gasteiger partial charge in [0.25, 0.3) is 0 Å². The number of phenols is 1. The van der Waals surface area contributed by atoms with Gasteiger partial charge in [-0.15, -0.1) is 21.5 Å². The SMILES string of the molecule is CCOc1cc(C=C2SC(=N)C(c3nnc(CC)s3)C2=O)cc(Cl)c1O. The molecule has 1 atom stereocenters. The summed E-state index contributed by atoms with van der Waals surface area (Å²) in [5.74, 6) is -0.748. The van der Waals surface area contributed by atoms with E-state index in [9.17, 15) is 9.90 Å². The first kappa shape index (κ1) is 18.9. The zero-order valence-electron chi connectivity index (χ0n) is 14.1. The molecule has 1 aromatic heterocycles. The molecule has 9 heteroatoms. The van der Waals surface area contributed by atoms with E-state index in [0.29, 0.717) is 22.1 Å². The molecule has 0 bridgehead atoms. The number of carbonyl (C=O) groups is 1. The molecular formula is C17H16ClN3O3S2. The van der Waals surface area contributed by atoms with Crippen molar-refractivity contribution in [1.82, 2.24) is 10.2 Å². The summed E-state index contributed by atoms with van der Waals surface area (Å²) in [7, 11) is 0. The molecule has 0 amide bonds. The molecule has 2 N–H and O–H groups in total. The fourth-order valence-electron chi connectivity index (χ4n) is 2.43. The normalized spacial score (nSPS) is 18.7. The van der Waals surface area contributed by atoms with Crippen LogP contribution in [0.5, 0.6) is 11.5 Å². The third-order valence-electron chi connectivity index (χ3n) is 3.67. The van der Waals surface area contributed by atoms with Crippen LogP contribution in [0, 0.1) is 5.41 Å². The summed E-state index contributed by atoms with van der Waals surface area (Å²) in [5.41, 5.74) is 0.618. The molecule has 1 saturated heterocycles. The van der Waals surface area contributed by atoms with Gasteiger partial charge < -0.3 is 9.84 Å². The highest BCUT2D eigenvalue weighted by molar-refractivity contribution is 8.19. The van der Waals surface area contributed by atoms with Crippen molar-refractivity contribution in [2.45, 2.75) is 26.2 Å². The largest absolute Gasteiger partial charge is 0.503 e. The van der Waals surface area contributed by atoms with Gasteiger partial charge in [0.05, 0.1) is 21.6 Å². The Labute approximate surface area is 163 Å². The van der Waals surface area contributed by atoms with Crippen LogP contribution in [0.1, 0.15) is 35.3 Å². The highest BCUT2D eigenvalue weighted by atomic mass is 35.5. The third kappa shape index (κ3) is 3.62. The number of ketones is 1. The number of aromatic nitrogens is 2. The number of hydrogen-bond acceptors (Lipinski definition) is 8. The van der Waals surface area contributed by atoms with Crippen LogP contribution in [0.4, 0.5) is 0 Å². The molecule has 0 radical (unpaired) electrons. The van der Waals surface area contributed by atoms with Crippen LogP contribution in [0.2, 0.25) is 5.02 Å². The van der Waals surface area contributed by atoms with Crippen molar-refractivity contribution in [2.24, 2.45) is 0 Å². The second-order valence-electron chi connectivity index (χ2n) is 5.44. The lowest BCUT2D eigenvalue weighted by Gasteiger charge is -2.08. The predicted octanol–water partition coefficient (Wildman–Crippen LogP) is 4.28. The summed E-state index contributed by atoms with van der Waals surface area (Å²) < 4.78 is 5.36. The van der Waals surface area contributed by atoms with Gasteiger partial charge in [-0.3, -0.25) is 10.2 Å². The molecule has 1 aliphatic heterocycles. The van der Waals surface area contributed by atoms with E-state index in [1.165, 1.54) is 11.3 Å². The number of ether oxygens (including phenoxy) is 1. The fourth-order valence-corrected chi connectivity index (χ4v) is 4.61. The topological polar surface area (TPSA) is 96.2 Å². The van der Waals surface area contributed by atoms with Crippen LogP contribution < -0.4 is 4.74 Å². The van der Waals surface area contributed by atoms with Gasteiger partial charge in [-0.1, -0.05) is 30.3 Å². The van der Waals surface area contributed by atoms with Crippen LogP contribution in [0.15, 0.2) is 17.0 Å². The lowest BCUT2D eigenvalue weighted by molar-refractivity contribution is -0.114.